The number of aromatic nitrogens is 1. The fourth-order valence-corrected chi connectivity index (χ4v) is 2.23. The van der Waals surface area contributed by atoms with Gasteiger partial charge in [0.1, 0.15) is 0 Å². The molecular weight excluding hydrogens is 252 g/mol. The van der Waals surface area contributed by atoms with Gasteiger partial charge in [0.25, 0.3) is 0 Å². The van der Waals surface area contributed by atoms with Crippen molar-refractivity contribution in [3.8, 4) is 0 Å². The maximum Gasteiger partial charge on any atom is 0.0701 e. The van der Waals surface area contributed by atoms with Crippen molar-refractivity contribution in [2.75, 3.05) is 33.5 Å². The quantitative estimate of drug-likeness (QED) is 0.634. The topological polar surface area (TPSA) is 35.4 Å². The van der Waals surface area contributed by atoms with E-state index >= 15 is 0 Å². The summed E-state index contributed by atoms with van der Waals surface area (Å²) in [5, 5.41) is 3.62. The molecule has 1 N–H and O–H groups in total. The van der Waals surface area contributed by atoms with E-state index in [0.717, 1.165) is 26.1 Å². The maximum absolute atomic E-state index is 5.50. The number of nitrogens with zero attached hydrogens (tertiary/aromatic N) is 1. The molecule has 1 rings (SSSR count). The Labute approximate surface area is 123 Å². The molecule has 0 saturated carbocycles. The van der Waals surface area contributed by atoms with Gasteiger partial charge in [-0.05, 0) is 30.5 Å². The second-order valence-electron chi connectivity index (χ2n) is 5.46. The van der Waals surface area contributed by atoms with Crippen molar-refractivity contribution in [3.05, 3.63) is 24.0 Å². The molecule has 0 bridgehead atoms. The molecule has 0 aliphatic carbocycles. The number of methoxy groups -OCH3 is 1. The van der Waals surface area contributed by atoms with Gasteiger partial charge in [-0.1, -0.05) is 20.8 Å². The Bertz CT molecular complexity index is 350. The van der Waals surface area contributed by atoms with Gasteiger partial charge in [-0.3, -0.25) is 0 Å². The summed E-state index contributed by atoms with van der Waals surface area (Å²) in [7, 11) is 1.69. The monoisotopic (exact) mass is 282 g/mol. The molecule has 4 nitrogen and oxygen atoms in total. The van der Waals surface area contributed by atoms with E-state index in [-0.39, 0.29) is 0 Å². The molecule has 116 valence electrons. The van der Waals surface area contributed by atoms with E-state index in [4.69, 9.17) is 9.47 Å². The van der Waals surface area contributed by atoms with Gasteiger partial charge in [0.2, 0.25) is 0 Å². The van der Waals surface area contributed by atoms with Crippen LogP contribution in [0.1, 0.15) is 38.8 Å². The molecule has 0 amide bonds. The summed E-state index contributed by atoms with van der Waals surface area (Å²) < 4.78 is 12.7. The molecule has 1 atom stereocenters. The van der Waals surface area contributed by atoms with Gasteiger partial charge in [-0.2, -0.15) is 0 Å². The number of hydrogen-bond acceptors (Lipinski definition) is 3. The summed E-state index contributed by atoms with van der Waals surface area (Å²) in [4.78, 5) is 0. The first-order chi connectivity index (χ1) is 9.69. The van der Waals surface area contributed by atoms with Crippen LogP contribution in [0.3, 0.4) is 0 Å². The summed E-state index contributed by atoms with van der Waals surface area (Å²) in [5.74, 6) is 0.593. The van der Waals surface area contributed by atoms with Crippen molar-refractivity contribution in [1.82, 2.24) is 9.88 Å². The van der Waals surface area contributed by atoms with Crippen molar-refractivity contribution >= 4 is 0 Å². The molecule has 20 heavy (non-hydrogen) atoms. The van der Waals surface area contributed by atoms with E-state index in [1.165, 1.54) is 5.56 Å². The molecular formula is C16H30N2O2. The zero-order valence-electron chi connectivity index (χ0n) is 13.4. The number of hydrogen-bond donors (Lipinski definition) is 1. The molecule has 0 aliphatic heterocycles. The van der Waals surface area contributed by atoms with Crippen LogP contribution in [0.25, 0.3) is 0 Å². The van der Waals surface area contributed by atoms with E-state index in [1.54, 1.807) is 7.11 Å². The molecule has 0 fully saturated rings. The van der Waals surface area contributed by atoms with Crippen molar-refractivity contribution < 1.29 is 9.47 Å². The van der Waals surface area contributed by atoms with Crippen molar-refractivity contribution in [3.63, 3.8) is 0 Å². The first-order valence-electron chi connectivity index (χ1n) is 7.64. The van der Waals surface area contributed by atoms with Gasteiger partial charge in [-0.25, -0.2) is 0 Å². The second kappa shape index (κ2) is 9.97. The Kier molecular flexibility index (Phi) is 8.58. The van der Waals surface area contributed by atoms with Crippen LogP contribution in [-0.2, 0) is 16.0 Å². The third-order valence-corrected chi connectivity index (χ3v) is 3.34. The molecule has 0 radical (unpaired) electrons. The van der Waals surface area contributed by atoms with E-state index in [0.29, 0.717) is 25.2 Å². The highest BCUT2D eigenvalue weighted by molar-refractivity contribution is 5.16. The predicted molar refractivity (Wildman–Crippen MR) is 83.0 cm³/mol. The number of rotatable bonds is 11. The van der Waals surface area contributed by atoms with Crippen LogP contribution in [0, 0.1) is 5.92 Å². The first-order valence-corrected chi connectivity index (χ1v) is 7.64. The van der Waals surface area contributed by atoms with Gasteiger partial charge in [-0.15, -0.1) is 0 Å². The summed E-state index contributed by atoms with van der Waals surface area (Å²) in [6, 6.07) is 2.65. The lowest BCUT2D eigenvalue weighted by Crippen LogP contribution is -2.26. The number of ether oxygens (including phenoxy) is 2. The normalized spacial score (nSPS) is 13.1. The van der Waals surface area contributed by atoms with Crippen molar-refractivity contribution in [1.29, 1.82) is 0 Å². The van der Waals surface area contributed by atoms with Crippen molar-refractivity contribution in [2.24, 2.45) is 5.92 Å². The maximum atomic E-state index is 5.50. The van der Waals surface area contributed by atoms with E-state index in [9.17, 15) is 0 Å². The van der Waals surface area contributed by atoms with Crippen LogP contribution in [0.4, 0.5) is 0 Å². The first kappa shape index (κ1) is 17.2. The molecule has 1 aromatic rings. The second-order valence-corrected chi connectivity index (χ2v) is 5.46. The lowest BCUT2D eigenvalue weighted by molar-refractivity contribution is 0.0666. The van der Waals surface area contributed by atoms with Crippen LogP contribution in [0.5, 0.6) is 0 Å². The van der Waals surface area contributed by atoms with Crippen molar-refractivity contribution in [2.45, 2.75) is 39.8 Å². The lowest BCUT2D eigenvalue weighted by atomic mass is 9.98. The van der Waals surface area contributed by atoms with Crippen LogP contribution >= 0.6 is 0 Å². The van der Waals surface area contributed by atoms with Gasteiger partial charge in [0.15, 0.2) is 0 Å². The smallest absolute Gasteiger partial charge is 0.0701 e. The summed E-state index contributed by atoms with van der Waals surface area (Å²) in [5.41, 5.74) is 1.37. The molecule has 0 spiro atoms. The Hall–Kier alpha value is -0.840. The van der Waals surface area contributed by atoms with Gasteiger partial charge < -0.3 is 19.4 Å². The van der Waals surface area contributed by atoms with Crippen LogP contribution < -0.4 is 5.32 Å². The molecule has 0 saturated heterocycles. The molecule has 1 aromatic heterocycles. The predicted octanol–water partition coefficient (Wildman–Crippen LogP) is 2.85. The minimum atomic E-state index is 0.436. The molecule has 4 heteroatoms. The molecule has 0 aromatic carbocycles. The summed E-state index contributed by atoms with van der Waals surface area (Å²) >= 11 is 0. The Balaban J connectivity index is 2.43. The highest BCUT2D eigenvalue weighted by Gasteiger charge is 2.15. The fourth-order valence-electron chi connectivity index (χ4n) is 2.23. The zero-order chi connectivity index (χ0) is 14.8. The summed E-state index contributed by atoms with van der Waals surface area (Å²) in [6.45, 7) is 10.7. The molecule has 1 unspecified atom stereocenters. The van der Waals surface area contributed by atoms with Crippen LogP contribution in [-0.4, -0.2) is 38.0 Å². The minimum absolute atomic E-state index is 0.436. The minimum Gasteiger partial charge on any atom is -0.382 e. The lowest BCUT2D eigenvalue weighted by Gasteiger charge is -2.21. The van der Waals surface area contributed by atoms with Crippen LogP contribution in [0.15, 0.2) is 18.5 Å². The molecule has 1 heterocycles. The number of nitrogens with one attached hydrogen (secondary N) is 1. The summed E-state index contributed by atoms with van der Waals surface area (Å²) in [6.07, 6.45) is 5.53. The zero-order valence-corrected chi connectivity index (χ0v) is 13.4. The van der Waals surface area contributed by atoms with Gasteiger partial charge in [0, 0.05) is 32.1 Å². The van der Waals surface area contributed by atoms with Crippen LogP contribution in [0.2, 0.25) is 0 Å². The SMILES string of the molecule is CCCNC(c1ccn(CCOCCOC)c1)C(C)C. The highest BCUT2D eigenvalue weighted by atomic mass is 16.5. The Morgan fingerprint density at radius 1 is 1.25 bits per heavy atom. The van der Waals surface area contributed by atoms with E-state index in [2.05, 4.69) is 49.1 Å². The Morgan fingerprint density at radius 3 is 2.70 bits per heavy atom. The third kappa shape index (κ3) is 6.07. The third-order valence-electron chi connectivity index (χ3n) is 3.34. The van der Waals surface area contributed by atoms with E-state index in [1.807, 2.05) is 0 Å². The standard InChI is InChI=1S/C16H30N2O2/c1-5-7-17-16(14(2)3)15-6-8-18(13-15)9-10-20-12-11-19-4/h6,8,13-14,16-17H,5,7,9-12H2,1-4H3. The van der Waals surface area contributed by atoms with Gasteiger partial charge >= 0.3 is 0 Å². The molecule has 0 aliphatic rings. The average Bonchev–Trinajstić information content (AvgIpc) is 2.87. The Morgan fingerprint density at radius 2 is 2.05 bits per heavy atom. The average molecular weight is 282 g/mol. The fraction of sp³-hybridized carbons (Fsp3) is 0.750. The largest absolute Gasteiger partial charge is 0.382 e. The van der Waals surface area contributed by atoms with Gasteiger partial charge in [0.05, 0.1) is 19.8 Å². The highest BCUT2D eigenvalue weighted by Crippen LogP contribution is 2.21. The van der Waals surface area contributed by atoms with E-state index < -0.39 is 0 Å².